The molecule has 0 N–H and O–H groups in total. The highest BCUT2D eigenvalue weighted by Crippen LogP contribution is 2.32. The third-order valence-corrected chi connectivity index (χ3v) is 4.05. The van der Waals surface area contributed by atoms with E-state index >= 15 is 0 Å². The van der Waals surface area contributed by atoms with E-state index in [2.05, 4.69) is 10.1 Å². The molecule has 0 radical (unpaired) electrons. The van der Waals surface area contributed by atoms with Crippen LogP contribution in [0.5, 0.6) is 0 Å². The monoisotopic (exact) mass is 317 g/mol. The zero-order valence-electron chi connectivity index (χ0n) is 13.8. The first-order valence-electron chi connectivity index (χ1n) is 7.66. The van der Waals surface area contributed by atoms with Crippen molar-refractivity contribution in [2.24, 2.45) is 0 Å². The molecule has 1 aliphatic heterocycles. The molecule has 1 fully saturated rings. The van der Waals surface area contributed by atoms with Crippen LogP contribution in [-0.2, 0) is 10.2 Å². The summed E-state index contributed by atoms with van der Waals surface area (Å²) in [6.45, 7) is 8.13. The number of anilines is 1. The van der Waals surface area contributed by atoms with Gasteiger partial charge < -0.3 is 9.42 Å². The van der Waals surface area contributed by atoms with Crippen molar-refractivity contribution in [3.05, 3.63) is 41.3 Å². The van der Waals surface area contributed by atoms with Gasteiger partial charge in [0.15, 0.2) is 5.82 Å². The Kier molecular flexibility index (Phi) is 3.70. The number of halogens is 1. The van der Waals surface area contributed by atoms with Crippen LogP contribution in [-0.4, -0.2) is 22.6 Å². The number of hydrogen-bond donors (Lipinski definition) is 0. The number of rotatable bonds is 2. The lowest BCUT2D eigenvalue weighted by molar-refractivity contribution is -0.117. The molecule has 5 nitrogen and oxygen atoms in total. The van der Waals surface area contributed by atoms with Gasteiger partial charge in [-0.2, -0.15) is 4.98 Å². The first-order valence-corrected chi connectivity index (χ1v) is 7.66. The Morgan fingerprint density at radius 3 is 2.70 bits per heavy atom. The highest BCUT2D eigenvalue weighted by atomic mass is 19.1. The van der Waals surface area contributed by atoms with E-state index < -0.39 is 0 Å². The lowest BCUT2D eigenvalue weighted by Crippen LogP contribution is -2.24. The predicted octanol–water partition coefficient (Wildman–Crippen LogP) is 3.34. The van der Waals surface area contributed by atoms with Crippen molar-refractivity contribution < 1.29 is 13.7 Å². The summed E-state index contributed by atoms with van der Waals surface area (Å²) in [6.07, 6.45) is 0.293. The second kappa shape index (κ2) is 5.44. The number of carbonyl (C=O) groups is 1. The van der Waals surface area contributed by atoms with Crippen LogP contribution in [0.25, 0.3) is 0 Å². The highest BCUT2D eigenvalue weighted by Gasteiger charge is 2.36. The number of amides is 1. The van der Waals surface area contributed by atoms with Gasteiger partial charge in [0.1, 0.15) is 5.82 Å². The Morgan fingerprint density at radius 2 is 2.09 bits per heavy atom. The van der Waals surface area contributed by atoms with Crippen LogP contribution in [0, 0.1) is 12.7 Å². The van der Waals surface area contributed by atoms with E-state index in [1.807, 2.05) is 20.8 Å². The predicted molar refractivity (Wildman–Crippen MR) is 83.8 cm³/mol. The van der Waals surface area contributed by atoms with Crippen molar-refractivity contribution in [1.82, 2.24) is 10.1 Å². The van der Waals surface area contributed by atoms with Crippen molar-refractivity contribution in [2.45, 2.75) is 45.4 Å². The Hall–Kier alpha value is -2.24. The van der Waals surface area contributed by atoms with Crippen molar-refractivity contribution in [3.63, 3.8) is 0 Å². The smallest absolute Gasteiger partial charge is 0.232 e. The van der Waals surface area contributed by atoms with E-state index in [4.69, 9.17) is 4.52 Å². The van der Waals surface area contributed by atoms with Gasteiger partial charge in [-0.3, -0.25) is 4.79 Å². The maximum Gasteiger partial charge on any atom is 0.232 e. The SMILES string of the molecule is Cc1ccc(N2CC(c3nc(C(C)(C)C)no3)CC2=O)cc1F. The Balaban J connectivity index is 1.82. The van der Waals surface area contributed by atoms with E-state index in [1.165, 1.54) is 6.07 Å². The van der Waals surface area contributed by atoms with Crippen LogP contribution in [0.15, 0.2) is 22.7 Å². The number of carbonyl (C=O) groups excluding carboxylic acids is 1. The Labute approximate surface area is 134 Å². The van der Waals surface area contributed by atoms with Crippen molar-refractivity contribution in [1.29, 1.82) is 0 Å². The molecule has 2 heterocycles. The summed E-state index contributed by atoms with van der Waals surface area (Å²) in [5, 5.41) is 4.00. The highest BCUT2D eigenvalue weighted by molar-refractivity contribution is 5.96. The summed E-state index contributed by atoms with van der Waals surface area (Å²) < 4.78 is 19.1. The van der Waals surface area contributed by atoms with Crippen molar-refractivity contribution >= 4 is 11.6 Å². The van der Waals surface area contributed by atoms with E-state index in [-0.39, 0.29) is 23.1 Å². The Bertz CT molecular complexity index is 749. The molecule has 0 spiro atoms. The lowest BCUT2D eigenvalue weighted by atomic mass is 9.96. The Morgan fingerprint density at radius 1 is 1.35 bits per heavy atom. The van der Waals surface area contributed by atoms with Crippen LogP contribution in [0.1, 0.15) is 50.4 Å². The first-order chi connectivity index (χ1) is 10.8. The molecule has 1 atom stereocenters. The minimum Gasteiger partial charge on any atom is -0.339 e. The molecule has 0 saturated carbocycles. The molecule has 23 heavy (non-hydrogen) atoms. The van der Waals surface area contributed by atoms with Crippen LogP contribution < -0.4 is 4.90 Å². The molecule has 1 aromatic carbocycles. The minimum absolute atomic E-state index is 0.0613. The minimum atomic E-state index is -0.313. The summed E-state index contributed by atoms with van der Waals surface area (Å²) in [6, 6.07) is 4.83. The van der Waals surface area contributed by atoms with Gasteiger partial charge in [-0.1, -0.05) is 32.0 Å². The van der Waals surface area contributed by atoms with Gasteiger partial charge in [-0.25, -0.2) is 4.39 Å². The van der Waals surface area contributed by atoms with E-state index in [0.717, 1.165) is 0 Å². The van der Waals surface area contributed by atoms with Gasteiger partial charge >= 0.3 is 0 Å². The third-order valence-electron chi connectivity index (χ3n) is 4.05. The maximum absolute atomic E-state index is 13.7. The quantitative estimate of drug-likeness (QED) is 0.852. The fourth-order valence-electron chi connectivity index (χ4n) is 2.58. The van der Waals surface area contributed by atoms with Gasteiger partial charge in [0.2, 0.25) is 11.8 Å². The second-order valence-corrected chi connectivity index (χ2v) is 7.05. The molecular weight excluding hydrogens is 297 g/mol. The summed E-state index contributed by atoms with van der Waals surface area (Å²) in [7, 11) is 0. The number of hydrogen-bond acceptors (Lipinski definition) is 4. The normalized spacial score (nSPS) is 18.7. The van der Waals surface area contributed by atoms with Crippen LogP contribution >= 0.6 is 0 Å². The molecule has 1 amide bonds. The fourth-order valence-corrected chi connectivity index (χ4v) is 2.58. The molecule has 122 valence electrons. The largest absolute Gasteiger partial charge is 0.339 e. The number of aromatic nitrogens is 2. The average Bonchev–Trinajstić information content (AvgIpc) is 3.08. The molecule has 1 saturated heterocycles. The lowest BCUT2D eigenvalue weighted by Gasteiger charge is -2.16. The molecule has 2 aromatic rings. The van der Waals surface area contributed by atoms with Gasteiger partial charge in [-0.15, -0.1) is 0 Å². The molecule has 3 rings (SSSR count). The second-order valence-electron chi connectivity index (χ2n) is 7.05. The van der Waals surface area contributed by atoms with Crippen LogP contribution in [0.4, 0.5) is 10.1 Å². The zero-order valence-corrected chi connectivity index (χ0v) is 13.8. The summed E-state index contributed by atoms with van der Waals surface area (Å²) in [5.41, 5.74) is 0.921. The first kappa shape index (κ1) is 15.6. The molecule has 1 unspecified atom stereocenters. The topological polar surface area (TPSA) is 59.2 Å². The van der Waals surface area contributed by atoms with Crippen molar-refractivity contribution in [3.8, 4) is 0 Å². The molecule has 0 bridgehead atoms. The van der Waals surface area contributed by atoms with E-state index in [0.29, 0.717) is 35.9 Å². The molecule has 1 aromatic heterocycles. The van der Waals surface area contributed by atoms with E-state index in [1.54, 1.807) is 24.0 Å². The number of benzene rings is 1. The molecular formula is C17H20FN3O2. The molecule has 1 aliphatic rings. The molecule has 0 aliphatic carbocycles. The standard InChI is InChI=1S/C17H20FN3O2/c1-10-5-6-12(8-13(10)18)21-9-11(7-14(21)22)15-19-16(20-23-15)17(2,3)4/h5-6,8,11H,7,9H2,1-4H3. The summed E-state index contributed by atoms with van der Waals surface area (Å²) >= 11 is 0. The number of aryl methyl sites for hydroxylation is 1. The van der Waals surface area contributed by atoms with Gasteiger partial charge in [0, 0.05) is 24.1 Å². The maximum atomic E-state index is 13.7. The zero-order chi connectivity index (χ0) is 16.8. The average molecular weight is 317 g/mol. The molecule has 6 heteroatoms. The summed E-state index contributed by atoms with van der Waals surface area (Å²) in [5.74, 6) is 0.564. The van der Waals surface area contributed by atoms with Crippen molar-refractivity contribution in [2.75, 3.05) is 11.4 Å². The summed E-state index contributed by atoms with van der Waals surface area (Å²) in [4.78, 5) is 18.3. The van der Waals surface area contributed by atoms with Gasteiger partial charge in [-0.05, 0) is 24.6 Å². The third kappa shape index (κ3) is 2.98. The van der Waals surface area contributed by atoms with Crippen LogP contribution in [0.3, 0.4) is 0 Å². The van der Waals surface area contributed by atoms with E-state index in [9.17, 15) is 9.18 Å². The van der Waals surface area contributed by atoms with Gasteiger partial charge in [0.05, 0.1) is 5.92 Å². The fraction of sp³-hybridized carbons (Fsp3) is 0.471. The van der Waals surface area contributed by atoms with Crippen LogP contribution in [0.2, 0.25) is 0 Å². The van der Waals surface area contributed by atoms with Gasteiger partial charge in [0.25, 0.3) is 0 Å². The number of nitrogens with zero attached hydrogens (tertiary/aromatic N) is 3.